The maximum Gasteiger partial charge on any atom is 0.305 e. The highest BCUT2D eigenvalue weighted by atomic mass is 16.4. The first-order chi connectivity index (χ1) is 18.0. The highest BCUT2D eigenvalue weighted by molar-refractivity contribution is 6.43. The van der Waals surface area contributed by atoms with Crippen molar-refractivity contribution in [3.05, 3.63) is 59.7 Å². The number of amides is 4. The molecule has 0 bridgehead atoms. The largest absolute Gasteiger partial charge is 0.481 e. The Bertz CT molecular complexity index is 1290. The number of aryl methyl sites for hydroxylation is 1. The van der Waals surface area contributed by atoms with E-state index in [0.29, 0.717) is 0 Å². The van der Waals surface area contributed by atoms with Gasteiger partial charge in [0.05, 0.1) is 30.4 Å². The van der Waals surface area contributed by atoms with Crippen LogP contribution >= 0.6 is 0 Å². The molecule has 3 N–H and O–H groups in total. The number of nitrogens with zero attached hydrogens (tertiary/aromatic N) is 2. The van der Waals surface area contributed by atoms with E-state index >= 15 is 0 Å². The molecule has 1 aliphatic rings. The zero-order valence-corrected chi connectivity index (χ0v) is 20.7. The minimum absolute atomic E-state index is 0.107. The minimum Gasteiger partial charge on any atom is -0.481 e. The van der Waals surface area contributed by atoms with Crippen molar-refractivity contribution in [3.63, 3.8) is 0 Å². The zero-order chi connectivity index (χ0) is 28.0. The number of anilines is 2. The van der Waals surface area contributed by atoms with Crippen LogP contribution in [0, 0.1) is 6.92 Å². The molecule has 2 unspecified atom stereocenters. The summed E-state index contributed by atoms with van der Waals surface area (Å²) in [6.45, 7) is 2.12. The molecule has 0 aromatic heterocycles. The van der Waals surface area contributed by atoms with Crippen LogP contribution in [-0.2, 0) is 28.8 Å². The lowest BCUT2D eigenvalue weighted by Crippen LogP contribution is -2.55. The van der Waals surface area contributed by atoms with Gasteiger partial charge in [0.15, 0.2) is 0 Å². The van der Waals surface area contributed by atoms with Crippen LogP contribution in [-0.4, -0.2) is 71.9 Å². The number of aldehydes is 1. The molecule has 12 heteroatoms. The number of nitrogens with one attached hydrogen (secondary N) is 2. The lowest BCUT2D eigenvalue weighted by Gasteiger charge is -2.25. The Morgan fingerprint density at radius 1 is 1.05 bits per heavy atom. The highest BCUT2D eigenvalue weighted by Crippen LogP contribution is 2.32. The van der Waals surface area contributed by atoms with Crippen molar-refractivity contribution >= 4 is 53.0 Å². The Morgan fingerprint density at radius 2 is 1.68 bits per heavy atom. The molecule has 1 heterocycles. The van der Waals surface area contributed by atoms with Gasteiger partial charge in [-0.2, -0.15) is 0 Å². The molecule has 12 nitrogen and oxygen atoms in total. The molecular weight excluding hydrogens is 496 g/mol. The molecule has 2 aromatic carbocycles. The monoisotopic (exact) mass is 522 g/mol. The summed E-state index contributed by atoms with van der Waals surface area (Å²) < 4.78 is 0. The topological polar surface area (TPSA) is 170 Å². The molecule has 4 amide bonds. The van der Waals surface area contributed by atoms with E-state index in [2.05, 4.69) is 10.6 Å². The van der Waals surface area contributed by atoms with Crippen molar-refractivity contribution < 1.29 is 38.7 Å². The summed E-state index contributed by atoms with van der Waals surface area (Å²) in [5, 5.41) is 13.5. The van der Waals surface area contributed by atoms with Crippen molar-refractivity contribution in [2.45, 2.75) is 32.4 Å². The number of rotatable bonds is 9. The van der Waals surface area contributed by atoms with Gasteiger partial charge in [-0.25, -0.2) is 0 Å². The van der Waals surface area contributed by atoms with Crippen molar-refractivity contribution in [2.75, 3.05) is 22.9 Å². The lowest BCUT2D eigenvalue weighted by molar-refractivity contribution is -0.139. The predicted molar refractivity (Wildman–Crippen MR) is 135 cm³/mol. The third-order valence-corrected chi connectivity index (χ3v) is 5.80. The Kier molecular flexibility index (Phi) is 8.69. The normalized spacial score (nSPS) is 15.5. The molecule has 0 saturated carbocycles. The van der Waals surface area contributed by atoms with Crippen LogP contribution in [0.25, 0.3) is 0 Å². The van der Waals surface area contributed by atoms with Crippen LogP contribution in [0.1, 0.15) is 29.3 Å². The second-order valence-corrected chi connectivity index (χ2v) is 8.67. The van der Waals surface area contributed by atoms with E-state index in [1.807, 2.05) is 6.92 Å². The predicted octanol–water partition coefficient (Wildman–Crippen LogP) is 0.221. The van der Waals surface area contributed by atoms with Gasteiger partial charge >= 0.3 is 5.97 Å². The Morgan fingerprint density at radius 3 is 2.26 bits per heavy atom. The van der Waals surface area contributed by atoms with Crippen LogP contribution in [0.3, 0.4) is 0 Å². The number of carbonyl (C=O) groups is 7. The van der Waals surface area contributed by atoms with Gasteiger partial charge in [-0.3, -0.25) is 33.7 Å². The average molecular weight is 523 g/mol. The number of carboxylic acid groups (broad SMARTS) is 1. The fourth-order valence-corrected chi connectivity index (χ4v) is 3.93. The molecule has 0 fully saturated rings. The van der Waals surface area contributed by atoms with Gasteiger partial charge < -0.3 is 25.4 Å². The summed E-state index contributed by atoms with van der Waals surface area (Å²) in [5.41, 5.74) is 1.44. The van der Waals surface area contributed by atoms with Crippen molar-refractivity contribution in [2.24, 2.45) is 0 Å². The van der Waals surface area contributed by atoms with Gasteiger partial charge in [-0.1, -0.05) is 42.0 Å². The molecule has 3 rings (SSSR count). The van der Waals surface area contributed by atoms with Crippen molar-refractivity contribution in [1.29, 1.82) is 0 Å². The van der Waals surface area contributed by atoms with E-state index in [-0.39, 0.29) is 29.8 Å². The fourth-order valence-electron chi connectivity index (χ4n) is 3.93. The molecule has 0 aliphatic carbocycles. The third-order valence-electron chi connectivity index (χ3n) is 5.80. The Labute approximate surface area is 217 Å². The number of Topliss-reactive ketones (excluding diaryl/α,β-unsaturated/α-hetero) is 1. The first-order valence-corrected chi connectivity index (χ1v) is 11.6. The number of carbonyl (C=O) groups excluding carboxylic acids is 6. The minimum atomic E-state index is -1.40. The summed E-state index contributed by atoms with van der Waals surface area (Å²) in [4.78, 5) is 88.7. The molecular formula is C26H26N4O8. The lowest BCUT2D eigenvalue weighted by atomic mass is 10.1. The van der Waals surface area contributed by atoms with E-state index in [9.17, 15) is 33.6 Å². The number of benzene rings is 2. The smallest absolute Gasteiger partial charge is 0.305 e. The van der Waals surface area contributed by atoms with Crippen molar-refractivity contribution in [1.82, 2.24) is 10.6 Å². The first kappa shape index (κ1) is 27.7. The molecule has 2 atom stereocenters. The van der Waals surface area contributed by atoms with E-state index < -0.39 is 60.4 Å². The Hall–Kier alpha value is -4.87. The van der Waals surface area contributed by atoms with Crippen LogP contribution in [0.2, 0.25) is 0 Å². The Balaban J connectivity index is 1.92. The number of fused-ring (bicyclic) bond motifs is 1. The maximum absolute atomic E-state index is 13.6. The van der Waals surface area contributed by atoms with Crippen LogP contribution in [0.5, 0.6) is 0 Å². The first-order valence-electron chi connectivity index (χ1n) is 11.6. The number of ketones is 1. The van der Waals surface area contributed by atoms with Crippen LogP contribution in [0.15, 0.2) is 48.5 Å². The van der Waals surface area contributed by atoms with Gasteiger partial charge in [0.2, 0.25) is 17.6 Å². The number of hydrogen-bond acceptors (Lipinski definition) is 7. The second-order valence-electron chi connectivity index (χ2n) is 8.67. The number of carboxylic acids is 1. The summed E-state index contributed by atoms with van der Waals surface area (Å²) >= 11 is 0. The van der Waals surface area contributed by atoms with E-state index in [0.717, 1.165) is 10.5 Å². The van der Waals surface area contributed by atoms with Crippen LogP contribution in [0.4, 0.5) is 11.4 Å². The highest BCUT2D eigenvalue weighted by Gasteiger charge is 2.38. The molecule has 1 aliphatic heterocycles. The SMILES string of the molecule is CC(=O)N1CC(NC(=O)C(=O)c2ccc(C)cc2)C(=O)N(CC(=O)NC(C=O)CC(=O)O)c2ccccc21. The summed E-state index contributed by atoms with van der Waals surface area (Å²) in [7, 11) is 0. The fraction of sp³-hybridized carbons (Fsp3) is 0.269. The number of para-hydroxylation sites is 2. The van der Waals surface area contributed by atoms with E-state index in [1.165, 1.54) is 30.0 Å². The quantitative estimate of drug-likeness (QED) is 0.239. The van der Waals surface area contributed by atoms with E-state index in [1.54, 1.807) is 30.3 Å². The third kappa shape index (κ3) is 6.46. The van der Waals surface area contributed by atoms with Gasteiger partial charge in [-0.15, -0.1) is 0 Å². The van der Waals surface area contributed by atoms with Crippen molar-refractivity contribution in [3.8, 4) is 0 Å². The van der Waals surface area contributed by atoms with Gasteiger partial charge in [0.25, 0.3) is 11.8 Å². The van der Waals surface area contributed by atoms with Gasteiger partial charge in [-0.05, 0) is 19.1 Å². The second kappa shape index (κ2) is 11.9. The molecule has 198 valence electrons. The number of aliphatic carboxylic acids is 1. The molecule has 38 heavy (non-hydrogen) atoms. The molecule has 2 aromatic rings. The average Bonchev–Trinajstić information content (AvgIpc) is 2.98. The van der Waals surface area contributed by atoms with Gasteiger partial charge in [0, 0.05) is 12.5 Å². The zero-order valence-electron chi connectivity index (χ0n) is 20.7. The molecule has 0 spiro atoms. The summed E-state index contributed by atoms with van der Waals surface area (Å²) in [6, 6.07) is 9.77. The maximum atomic E-state index is 13.6. The van der Waals surface area contributed by atoms with Gasteiger partial charge in [0.1, 0.15) is 18.9 Å². The molecule has 0 saturated heterocycles. The van der Waals surface area contributed by atoms with Crippen LogP contribution < -0.4 is 20.4 Å². The summed E-state index contributed by atoms with van der Waals surface area (Å²) in [6.07, 6.45) is -0.390. The standard InChI is InChI=1S/C26H26N4O8/c1-15-7-9-17(10-8-15)24(36)25(37)28-19-12-29(16(2)32)20-5-3-4-6-21(20)30(26(19)38)13-22(33)27-18(14-31)11-23(34)35/h3-10,14,18-19H,11-13H2,1-2H3,(H,27,33)(H,28,37)(H,34,35). The molecule has 0 radical (unpaired) electrons. The summed E-state index contributed by atoms with van der Waals surface area (Å²) in [5.74, 6) is -5.36. The number of hydrogen-bond donors (Lipinski definition) is 3. The van der Waals surface area contributed by atoms with E-state index in [4.69, 9.17) is 5.11 Å².